The molecule has 2 heterocycles. The van der Waals surface area contributed by atoms with E-state index in [2.05, 4.69) is 20.5 Å². The monoisotopic (exact) mass is 282 g/mol. The van der Waals surface area contributed by atoms with Crippen LogP contribution in [0.2, 0.25) is 0 Å². The predicted octanol–water partition coefficient (Wildman–Crippen LogP) is 2.86. The van der Waals surface area contributed by atoms with E-state index >= 15 is 0 Å². The van der Waals surface area contributed by atoms with Gasteiger partial charge in [0, 0.05) is 17.4 Å². The largest absolute Gasteiger partial charge is 0.321 e. The second-order valence-corrected chi connectivity index (χ2v) is 4.35. The fourth-order valence-corrected chi connectivity index (χ4v) is 1.91. The summed E-state index contributed by atoms with van der Waals surface area (Å²) in [7, 11) is 0. The lowest BCUT2D eigenvalue weighted by molar-refractivity contribution is 0.102. The number of aromatic nitrogens is 3. The third-order valence-corrected chi connectivity index (χ3v) is 2.88. The van der Waals surface area contributed by atoms with Crippen molar-refractivity contribution in [3.63, 3.8) is 0 Å². The number of nitrogens with one attached hydrogen (secondary N) is 2. The topological polar surface area (TPSA) is 70.7 Å². The van der Waals surface area contributed by atoms with Crippen molar-refractivity contribution in [3.05, 3.63) is 66.4 Å². The highest BCUT2D eigenvalue weighted by atomic mass is 19.1. The second-order valence-electron chi connectivity index (χ2n) is 4.35. The molecule has 6 heteroatoms. The number of rotatable bonds is 3. The zero-order valence-electron chi connectivity index (χ0n) is 10.9. The Kier molecular flexibility index (Phi) is 3.42. The minimum Gasteiger partial charge on any atom is -0.321 e. The third kappa shape index (κ3) is 2.94. The molecule has 0 spiro atoms. The Morgan fingerprint density at radius 2 is 2.00 bits per heavy atom. The van der Waals surface area contributed by atoms with Gasteiger partial charge in [-0.25, -0.2) is 4.98 Å². The van der Waals surface area contributed by atoms with E-state index in [4.69, 9.17) is 0 Å². The minimum atomic E-state index is -0.686. The van der Waals surface area contributed by atoms with Gasteiger partial charge in [-0.1, -0.05) is 18.2 Å². The molecule has 21 heavy (non-hydrogen) atoms. The molecule has 0 aliphatic heterocycles. The molecule has 0 saturated heterocycles. The molecule has 0 atom stereocenters. The molecule has 1 aromatic carbocycles. The van der Waals surface area contributed by atoms with Crippen LogP contribution in [-0.2, 0) is 0 Å². The highest BCUT2D eigenvalue weighted by Crippen LogP contribution is 2.20. The maximum atomic E-state index is 13.0. The van der Waals surface area contributed by atoms with E-state index in [1.165, 1.54) is 18.2 Å². The average Bonchev–Trinajstić information content (AvgIpc) is 3.02. The Morgan fingerprint density at radius 1 is 1.14 bits per heavy atom. The molecule has 2 N–H and O–H groups in total. The third-order valence-electron chi connectivity index (χ3n) is 2.88. The van der Waals surface area contributed by atoms with Gasteiger partial charge in [-0.05, 0) is 30.3 Å². The number of hydrogen-bond acceptors (Lipinski definition) is 3. The molecule has 3 aromatic rings. The maximum Gasteiger partial charge on any atom is 0.274 e. The smallest absolute Gasteiger partial charge is 0.274 e. The number of anilines is 1. The van der Waals surface area contributed by atoms with Crippen molar-refractivity contribution in [2.45, 2.75) is 0 Å². The number of halogens is 1. The van der Waals surface area contributed by atoms with Crippen molar-refractivity contribution in [1.29, 1.82) is 0 Å². The SMILES string of the molecule is O=C(Nc1cccc(-c2ccn[nH]2)c1)c1cccc(F)n1. The molecule has 5 nitrogen and oxygen atoms in total. The van der Waals surface area contributed by atoms with E-state index in [1.807, 2.05) is 18.2 Å². The molecule has 0 bridgehead atoms. The van der Waals surface area contributed by atoms with Crippen LogP contribution in [0.4, 0.5) is 10.1 Å². The number of carbonyl (C=O) groups excluding carboxylic acids is 1. The highest BCUT2D eigenvalue weighted by Gasteiger charge is 2.09. The van der Waals surface area contributed by atoms with E-state index in [9.17, 15) is 9.18 Å². The minimum absolute atomic E-state index is 0.0296. The normalized spacial score (nSPS) is 10.3. The first-order valence-electron chi connectivity index (χ1n) is 6.26. The van der Waals surface area contributed by atoms with Gasteiger partial charge in [0.2, 0.25) is 5.95 Å². The van der Waals surface area contributed by atoms with Crippen LogP contribution in [0.3, 0.4) is 0 Å². The molecule has 0 fully saturated rings. The highest BCUT2D eigenvalue weighted by molar-refractivity contribution is 6.03. The molecule has 2 aromatic heterocycles. The number of hydrogen-bond donors (Lipinski definition) is 2. The Morgan fingerprint density at radius 3 is 2.76 bits per heavy atom. The lowest BCUT2D eigenvalue weighted by atomic mass is 10.1. The standard InChI is InChI=1S/C15H11FN4O/c16-14-6-2-5-13(19-14)15(21)18-11-4-1-3-10(9-11)12-7-8-17-20-12/h1-9H,(H,17,20)(H,18,21). The first-order chi connectivity index (χ1) is 10.2. The van der Waals surface area contributed by atoms with Gasteiger partial charge in [0.15, 0.2) is 0 Å². The van der Waals surface area contributed by atoms with E-state index in [1.54, 1.807) is 18.3 Å². The molecule has 1 amide bonds. The average molecular weight is 282 g/mol. The van der Waals surface area contributed by atoms with Crippen LogP contribution < -0.4 is 5.32 Å². The Hall–Kier alpha value is -3.02. The zero-order chi connectivity index (χ0) is 14.7. The van der Waals surface area contributed by atoms with E-state index in [-0.39, 0.29) is 5.69 Å². The van der Waals surface area contributed by atoms with Gasteiger partial charge >= 0.3 is 0 Å². The Bertz CT molecular complexity index is 771. The number of pyridine rings is 1. The van der Waals surface area contributed by atoms with Gasteiger partial charge in [0.25, 0.3) is 5.91 Å². The van der Waals surface area contributed by atoms with E-state index < -0.39 is 11.9 Å². The summed E-state index contributed by atoms with van der Waals surface area (Å²) in [5, 5.41) is 9.42. The van der Waals surface area contributed by atoms with Crippen molar-refractivity contribution < 1.29 is 9.18 Å². The maximum absolute atomic E-state index is 13.0. The summed E-state index contributed by atoms with van der Waals surface area (Å²) in [5.74, 6) is -1.15. The molecule has 0 aliphatic rings. The van der Waals surface area contributed by atoms with Gasteiger partial charge in [-0.2, -0.15) is 9.49 Å². The van der Waals surface area contributed by atoms with Crippen LogP contribution in [0, 0.1) is 5.95 Å². The molecule has 0 unspecified atom stereocenters. The number of aromatic amines is 1. The van der Waals surface area contributed by atoms with Crippen molar-refractivity contribution in [2.75, 3.05) is 5.32 Å². The van der Waals surface area contributed by atoms with Crippen molar-refractivity contribution in [3.8, 4) is 11.3 Å². The molecule has 0 radical (unpaired) electrons. The van der Waals surface area contributed by atoms with Crippen LogP contribution in [0.5, 0.6) is 0 Å². The summed E-state index contributed by atoms with van der Waals surface area (Å²) < 4.78 is 13.0. The van der Waals surface area contributed by atoms with E-state index in [0.29, 0.717) is 5.69 Å². The molecule has 3 rings (SSSR count). The second kappa shape index (κ2) is 5.54. The van der Waals surface area contributed by atoms with Crippen LogP contribution in [-0.4, -0.2) is 21.1 Å². The predicted molar refractivity (Wildman–Crippen MR) is 76.2 cm³/mol. The summed E-state index contributed by atoms with van der Waals surface area (Å²) in [6.45, 7) is 0. The van der Waals surface area contributed by atoms with Crippen LogP contribution in [0.15, 0.2) is 54.7 Å². The Labute approximate surface area is 119 Å². The first kappa shape index (κ1) is 13.0. The van der Waals surface area contributed by atoms with Crippen LogP contribution >= 0.6 is 0 Å². The molecule has 104 valence electrons. The Balaban J connectivity index is 1.82. The summed E-state index contributed by atoms with van der Waals surface area (Å²) in [6, 6.07) is 13.2. The fourth-order valence-electron chi connectivity index (χ4n) is 1.91. The summed E-state index contributed by atoms with van der Waals surface area (Å²) in [5.41, 5.74) is 2.35. The lowest BCUT2D eigenvalue weighted by Crippen LogP contribution is -2.14. The molecule has 0 aliphatic carbocycles. The molecular weight excluding hydrogens is 271 g/mol. The van der Waals surface area contributed by atoms with Crippen LogP contribution in [0.25, 0.3) is 11.3 Å². The quantitative estimate of drug-likeness (QED) is 0.726. The van der Waals surface area contributed by atoms with Crippen molar-refractivity contribution in [2.24, 2.45) is 0 Å². The lowest BCUT2D eigenvalue weighted by Gasteiger charge is -2.06. The number of amides is 1. The van der Waals surface area contributed by atoms with Crippen LogP contribution in [0.1, 0.15) is 10.5 Å². The number of H-pyrrole nitrogens is 1. The molecular formula is C15H11FN4O. The van der Waals surface area contributed by atoms with Gasteiger partial charge in [-0.3, -0.25) is 9.89 Å². The fraction of sp³-hybridized carbons (Fsp3) is 0. The first-order valence-corrected chi connectivity index (χ1v) is 6.26. The summed E-state index contributed by atoms with van der Waals surface area (Å²) >= 11 is 0. The zero-order valence-corrected chi connectivity index (χ0v) is 10.9. The van der Waals surface area contributed by atoms with Crippen molar-refractivity contribution >= 4 is 11.6 Å². The van der Waals surface area contributed by atoms with E-state index in [0.717, 1.165) is 11.3 Å². The van der Waals surface area contributed by atoms with Crippen molar-refractivity contribution in [1.82, 2.24) is 15.2 Å². The molecule has 0 saturated carbocycles. The summed E-state index contributed by atoms with van der Waals surface area (Å²) in [4.78, 5) is 15.6. The number of carbonyl (C=O) groups is 1. The van der Waals surface area contributed by atoms with Gasteiger partial charge in [0.05, 0.1) is 5.69 Å². The summed E-state index contributed by atoms with van der Waals surface area (Å²) in [6.07, 6.45) is 1.65. The van der Waals surface area contributed by atoms with Gasteiger partial charge < -0.3 is 5.32 Å². The van der Waals surface area contributed by atoms with Gasteiger partial charge in [-0.15, -0.1) is 0 Å². The number of benzene rings is 1. The number of nitrogens with zero attached hydrogens (tertiary/aromatic N) is 2. The van der Waals surface area contributed by atoms with Gasteiger partial charge in [0.1, 0.15) is 5.69 Å².